The van der Waals surface area contributed by atoms with Crippen molar-refractivity contribution in [2.24, 2.45) is 0 Å². The van der Waals surface area contributed by atoms with Crippen LogP contribution in [-0.2, 0) is 11.3 Å². The van der Waals surface area contributed by atoms with E-state index in [9.17, 15) is 9.59 Å². The number of nitrogens with one attached hydrogen (secondary N) is 2. The molecule has 1 fully saturated rings. The molecule has 1 aliphatic heterocycles. The highest BCUT2D eigenvalue weighted by molar-refractivity contribution is 6.35. The SMILES string of the molecule is CC(=O)NC1CCCN(Cc2cc(=O)c3cccc(Cl)c3[nH]2)C1. The zero-order valence-corrected chi connectivity index (χ0v) is 13.8. The van der Waals surface area contributed by atoms with Crippen LogP contribution in [0.4, 0.5) is 0 Å². The minimum absolute atomic E-state index is 0.00254. The van der Waals surface area contributed by atoms with Crippen molar-refractivity contribution in [3.63, 3.8) is 0 Å². The topological polar surface area (TPSA) is 65.2 Å². The molecule has 23 heavy (non-hydrogen) atoms. The highest BCUT2D eigenvalue weighted by Crippen LogP contribution is 2.20. The van der Waals surface area contributed by atoms with Crippen LogP contribution in [0.15, 0.2) is 29.1 Å². The number of benzene rings is 1. The number of aromatic amines is 1. The van der Waals surface area contributed by atoms with Gasteiger partial charge in [0.25, 0.3) is 0 Å². The molecule has 1 aromatic carbocycles. The number of rotatable bonds is 3. The van der Waals surface area contributed by atoms with Crippen molar-refractivity contribution in [3.8, 4) is 0 Å². The predicted octanol–water partition coefficient (Wildman–Crippen LogP) is 2.28. The number of carbonyl (C=O) groups excluding carboxylic acids is 1. The van der Waals surface area contributed by atoms with Gasteiger partial charge in [0.15, 0.2) is 5.43 Å². The molecule has 0 spiro atoms. The van der Waals surface area contributed by atoms with Gasteiger partial charge >= 0.3 is 0 Å². The minimum Gasteiger partial charge on any atom is -0.356 e. The molecule has 0 aliphatic carbocycles. The first-order valence-corrected chi connectivity index (χ1v) is 8.20. The number of hydrogen-bond donors (Lipinski definition) is 2. The lowest BCUT2D eigenvalue weighted by atomic mass is 10.1. The van der Waals surface area contributed by atoms with E-state index in [1.54, 1.807) is 31.2 Å². The van der Waals surface area contributed by atoms with Gasteiger partial charge in [-0.2, -0.15) is 0 Å². The Kier molecular flexibility index (Phi) is 4.68. The quantitative estimate of drug-likeness (QED) is 0.905. The number of para-hydroxylation sites is 1. The molecule has 3 rings (SSSR count). The lowest BCUT2D eigenvalue weighted by Crippen LogP contribution is -2.46. The Balaban J connectivity index is 1.80. The van der Waals surface area contributed by atoms with E-state index in [1.165, 1.54) is 0 Å². The fraction of sp³-hybridized carbons (Fsp3) is 0.412. The number of amides is 1. The average molecular weight is 334 g/mol. The number of piperidine rings is 1. The van der Waals surface area contributed by atoms with E-state index in [0.29, 0.717) is 22.5 Å². The molecule has 2 aromatic rings. The molecule has 1 unspecified atom stereocenters. The number of H-pyrrole nitrogens is 1. The Morgan fingerprint density at radius 3 is 3.09 bits per heavy atom. The Hall–Kier alpha value is -1.85. The third kappa shape index (κ3) is 3.74. The van der Waals surface area contributed by atoms with Crippen molar-refractivity contribution in [2.75, 3.05) is 13.1 Å². The zero-order valence-electron chi connectivity index (χ0n) is 13.1. The van der Waals surface area contributed by atoms with E-state index < -0.39 is 0 Å². The van der Waals surface area contributed by atoms with Crippen LogP contribution in [0.25, 0.3) is 10.9 Å². The number of hydrogen-bond acceptors (Lipinski definition) is 3. The molecule has 1 aromatic heterocycles. The van der Waals surface area contributed by atoms with Crippen molar-refractivity contribution >= 4 is 28.4 Å². The van der Waals surface area contributed by atoms with Gasteiger partial charge in [-0.25, -0.2) is 0 Å². The molecule has 1 aliphatic rings. The monoisotopic (exact) mass is 333 g/mol. The summed E-state index contributed by atoms with van der Waals surface area (Å²) in [5.41, 5.74) is 1.51. The molecule has 122 valence electrons. The molecule has 1 amide bonds. The summed E-state index contributed by atoms with van der Waals surface area (Å²) in [5.74, 6) is 0.00254. The molecule has 0 bridgehead atoms. The number of aromatic nitrogens is 1. The van der Waals surface area contributed by atoms with Gasteiger partial charge in [0.2, 0.25) is 5.91 Å². The summed E-state index contributed by atoms with van der Waals surface area (Å²) < 4.78 is 0. The average Bonchev–Trinajstić information content (AvgIpc) is 2.48. The van der Waals surface area contributed by atoms with Crippen LogP contribution >= 0.6 is 11.6 Å². The van der Waals surface area contributed by atoms with Crippen molar-refractivity contribution in [3.05, 3.63) is 45.2 Å². The van der Waals surface area contributed by atoms with E-state index in [1.807, 2.05) is 0 Å². The standard InChI is InChI=1S/C17H20ClN3O2/c1-11(22)19-12-4-3-7-21(9-12)10-13-8-16(23)14-5-2-6-15(18)17(14)20-13/h2,5-6,8,12H,3-4,7,9-10H2,1H3,(H,19,22)(H,20,23). The number of nitrogens with zero attached hydrogens (tertiary/aromatic N) is 1. The molecule has 5 nitrogen and oxygen atoms in total. The Morgan fingerprint density at radius 2 is 2.30 bits per heavy atom. The Labute approximate surface area is 139 Å². The third-order valence-corrected chi connectivity index (χ3v) is 4.49. The molecule has 6 heteroatoms. The van der Waals surface area contributed by atoms with Gasteiger partial charge in [0.05, 0.1) is 10.5 Å². The predicted molar refractivity (Wildman–Crippen MR) is 91.7 cm³/mol. The fourth-order valence-corrected chi connectivity index (χ4v) is 3.44. The smallest absolute Gasteiger partial charge is 0.217 e. The number of pyridine rings is 1. The highest BCUT2D eigenvalue weighted by Gasteiger charge is 2.21. The molecule has 1 saturated heterocycles. The highest BCUT2D eigenvalue weighted by atomic mass is 35.5. The van der Waals surface area contributed by atoms with Crippen LogP contribution < -0.4 is 10.7 Å². The maximum atomic E-state index is 12.2. The van der Waals surface area contributed by atoms with Crippen LogP contribution in [0.3, 0.4) is 0 Å². The molecule has 2 N–H and O–H groups in total. The first kappa shape index (κ1) is 16.0. The largest absolute Gasteiger partial charge is 0.356 e. The summed E-state index contributed by atoms with van der Waals surface area (Å²) in [6.07, 6.45) is 2.03. The Morgan fingerprint density at radius 1 is 1.48 bits per heavy atom. The van der Waals surface area contributed by atoms with Gasteiger partial charge in [-0.1, -0.05) is 17.7 Å². The van der Waals surface area contributed by atoms with Gasteiger partial charge in [0.1, 0.15) is 0 Å². The summed E-state index contributed by atoms with van der Waals surface area (Å²) in [4.78, 5) is 29.0. The van der Waals surface area contributed by atoms with Crippen LogP contribution in [-0.4, -0.2) is 34.9 Å². The fourth-order valence-electron chi connectivity index (χ4n) is 3.22. The van der Waals surface area contributed by atoms with Crippen LogP contribution in [0.2, 0.25) is 5.02 Å². The maximum absolute atomic E-state index is 12.2. The van der Waals surface area contributed by atoms with Crippen molar-refractivity contribution in [1.29, 1.82) is 0 Å². The van der Waals surface area contributed by atoms with Crippen LogP contribution in [0.1, 0.15) is 25.5 Å². The third-order valence-electron chi connectivity index (χ3n) is 4.18. The zero-order chi connectivity index (χ0) is 16.4. The second kappa shape index (κ2) is 6.72. The summed E-state index contributed by atoms with van der Waals surface area (Å²) >= 11 is 6.19. The lowest BCUT2D eigenvalue weighted by Gasteiger charge is -2.32. The van der Waals surface area contributed by atoms with Gasteiger partial charge in [-0.05, 0) is 31.5 Å². The van der Waals surface area contributed by atoms with E-state index >= 15 is 0 Å². The molecule has 2 heterocycles. The summed E-state index contributed by atoms with van der Waals surface area (Å²) in [6, 6.07) is 7.15. The van der Waals surface area contributed by atoms with Gasteiger partial charge in [-0.3, -0.25) is 14.5 Å². The second-order valence-corrected chi connectivity index (χ2v) is 6.50. The normalized spacial score (nSPS) is 19.0. The van der Waals surface area contributed by atoms with Crippen molar-refractivity contribution in [2.45, 2.75) is 32.4 Å². The first-order valence-electron chi connectivity index (χ1n) is 7.83. The number of carbonyl (C=O) groups is 1. The number of halogens is 1. The molecule has 0 saturated carbocycles. The molecular formula is C17H20ClN3O2. The second-order valence-electron chi connectivity index (χ2n) is 6.10. The number of likely N-dealkylation sites (tertiary alicyclic amines) is 1. The maximum Gasteiger partial charge on any atom is 0.217 e. The Bertz CT molecular complexity index is 787. The van der Waals surface area contributed by atoms with Crippen molar-refractivity contribution < 1.29 is 4.79 Å². The summed E-state index contributed by atoms with van der Waals surface area (Å²) in [5, 5.41) is 4.13. The van der Waals surface area contributed by atoms with Crippen molar-refractivity contribution in [1.82, 2.24) is 15.2 Å². The molecule has 0 radical (unpaired) electrons. The van der Waals surface area contributed by atoms with Gasteiger partial charge < -0.3 is 10.3 Å². The molecular weight excluding hydrogens is 314 g/mol. The molecule has 1 atom stereocenters. The summed E-state index contributed by atoms with van der Waals surface area (Å²) in [7, 11) is 0. The minimum atomic E-state index is -0.0216. The lowest BCUT2D eigenvalue weighted by molar-refractivity contribution is -0.120. The number of fused-ring (bicyclic) bond motifs is 1. The van der Waals surface area contributed by atoms with Gasteiger partial charge in [-0.15, -0.1) is 0 Å². The van der Waals surface area contributed by atoms with E-state index in [-0.39, 0.29) is 17.4 Å². The van der Waals surface area contributed by atoms with E-state index in [2.05, 4.69) is 15.2 Å². The summed E-state index contributed by atoms with van der Waals surface area (Å²) in [6.45, 7) is 3.94. The van der Waals surface area contributed by atoms with Crippen LogP contribution in [0, 0.1) is 0 Å². The van der Waals surface area contributed by atoms with Gasteiger partial charge in [0, 0.05) is 43.2 Å². The van der Waals surface area contributed by atoms with E-state index in [0.717, 1.165) is 31.6 Å². The first-order chi connectivity index (χ1) is 11.0. The van der Waals surface area contributed by atoms with Crippen LogP contribution in [0.5, 0.6) is 0 Å². The van der Waals surface area contributed by atoms with E-state index in [4.69, 9.17) is 11.6 Å².